The Labute approximate surface area is 222 Å². The van der Waals surface area contributed by atoms with Crippen molar-refractivity contribution in [2.45, 2.75) is 27.3 Å². The van der Waals surface area contributed by atoms with Crippen molar-refractivity contribution in [3.63, 3.8) is 0 Å². The number of hydrogen-bond acceptors (Lipinski definition) is 7. The second-order valence-electron chi connectivity index (χ2n) is 8.68. The highest BCUT2D eigenvalue weighted by Gasteiger charge is 2.21. The standard InChI is InChI=1S/C29H26N4O6/c1-4-37-20-12-10-19(11-13-20)27(34)31-26-23(29(36)38-5-2)16-22-25(33(26)17-21-9-7-15-39-21)30-24-18(3)8-6-14-32(24)28(22)35/h6-16H,4-5,17H2,1-3H3. The Kier molecular flexibility index (Phi) is 7.09. The van der Waals surface area contributed by atoms with Crippen LogP contribution in [0.4, 0.5) is 0 Å². The van der Waals surface area contributed by atoms with E-state index in [0.29, 0.717) is 29.3 Å². The van der Waals surface area contributed by atoms with Crippen molar-refractivity contribution < 1.29 is 23.5 Å². The number of esters is 1. The average Bonchev–Trinajstić information content (AvgIpc) is 3.44. The fourth-order valence-electron chi connectivity index (χ4n) is 4.30. The van der Waals surface area contributed by atoms with Crippen LogP contribution in [0.25, 0.3) is 16.7 Å². The summed E-state index contributed by atoms with van der Waals surface area (Å²) in [4.78, 5) is 49.2. The minimum atomic E-state index is -0.723. The summed E-state index contributed by atoms with van der Waals surface area (Å²) in [7, 11) is 0. The number of furan rings is 1. The molecule has 0 aliphatic carbocycles. The van der Waals surface area contributed by atoms with Crippen LogP contribution in [-0.4, -0.2) is 39.0 Å². The highest BCUT2D eigenvalue weighted by molar-refractivity contribution is 5.97. The quantitative estimate of drug-likeness (QED) is 0.233. The van der Waals surface area contributed by atoms with Crippen LogP contribution in [0.2, 0.25) is 0 Å². The van der Waals surface area contributed by atoms with Gasteiger partial charge in [-0.3, -0.25) is 14.0 Å². The second-order valence-corrected chi connectivity index (χ2v) is 8.68. The number of rotatable bonds is 7. The summed E-state index contributed by atoms with van der Waals surface area (Å²) in [6, 6.07) is 15.0. The molecule has 10 nitrogen and oxygen atoms in total. The van der Waals surface area contributed by atoms with Gasteiger partial charge < -0.3 is 18.5 Å². The molecule has 1 aromatic carbocycles. The molecule has 0 atom stereocenters. The van der Waals surface area contributed by atoms with E-state index in [1.54, 1.807) is 60.2 Å². The SMILES string of the molecule is CCOC(=O)c1cc2c(=O)n3cccc(C)c3nc2n(Cc2ccco2)c1=NC(=O)c1ccc(OCC)cc1. The highest BCUT2D eigenvalue weighted by Crippen LogP contribution is 2.16. The lowest BCUT2D eigenvalue weighted by Crippen LogP contribution is -2.33. The number of ether oxygens (including phenoxy) is 2. The van der Waals surface area contributed by atoms with E-state index in [2.05, 4.69) is 4.99 Å². The monoisotopic (exact) mass is 526 g/mol. The van der Waals surface area contributed by atoms with Crippen molar-refractivity contribution >= 4 is 28.6 Å². The second kappa shape index (κ2) is 10.8. The third-order valence-electron chi connectivity index (χ3n) is 6.11. The Morgan fingerprint density at radius 3 is 2.51 bits per heavy atom. The molecule has 4 aromatic heterocycles. The molecule has 0 aliphatic heterocycles. The third kappa shape index (κ3) is 4.96. The maximum Gasteiger partial charge on any atom is 0.341 e. The molecule has 0 saturated heterocycles. The zero-order valence-corrected chi connectivity index (χ0v) is 21.7. The van der Waals surface area contributed by atoms with Gasteiger partial charge in [0.05, 0.1) is 31.4 Å². The van der Waals surface area contributed by atoms with E-state index in [9.17, 15) is 14.4 Å². The Hall–Kier alpha value is -4.99. The van der Waals surface area contributed by atoms with Crippen LogP contribution in [0.1, 0.15) is 45.9 Å². The summed E-state index contributed by atoms with van der Waals surface area (Å²) in [6.45, 7) is 6.03. The smallest absolute Gasteiger partial charge is 0.341 e. The highest BCUT2D eigenvalue weighted by atomic mass is 16.5. The van der Waals surface area contributed by atoms with Crippen LogP contribution in [0, 0.1) is 6.92 Å². The van der Waals surface area contributed by atoms with Gasteiger partial charge in [-0.25, -0.2) is 9.78 Å². The number of fused-ring (bicyclic) bond motifs is 2. The minimum Gasteiger partial charge on any atom is -0.494 e. The molecule has 4 heterocycles. The van der Waals surface area contributed by atoms with Gasteiger partial charge in [-0.15, -0.1) is 0 Å². The van der Waals surface area contributed by atoms with Crippen molar-refractivity contribution in [2.75, 3.05) is 13.2 Å². The molecular formula is C29H26N4O6. The molecule has 5 aromatic rings. The summed E-state index contributed by atoms with van der Waals surface area (Å²) >= 11 is 0. The van der Waals surface area contributed by atoms with Gasteiger partial charge >= 0.3 is 5.97 Å². The lowest BCUT2D eigenvalue weighted by molar-refractivity contribution is 0.0523. The van der Waals surface area contributed by atoms with Gasteiger partial charge in [-0.1, -0.05) is 6.07 Å². The maximum atomic E-state index is 13.6. The average molecular weight is 527 g/mol. The van der Waals surface area contributed by atoms with Gasteiger partial charge in [0.15, 0.2) is 5.49 Å². The number of pyridine rings is 2. The number of amides is 1. The van der Waals surface area contributed by atoms with Gasteiger partial charge in [0.25, 0.3) is 11.5 Å². The molecule has 10 heteroatoms. The first kappa shape index (κ1) is 25.7. The number of aromatic nitrogens is 3. The Morgan fingerprint density at radius 2 is 1.82 bits per heavy atom. The van der Waals surface area contributed by atoms with Gasteiger partial charge in [-0.05, 0) is 74.9 Å². The van der Waals surface area contributed by atoms with Crippen molar-refractivity contribution in [2.24, 2.45) is 4.99 Å². The number of hydrogen-bond donors (Lipinski definition) is 0. The fraction of sp³-hybridized carbons (Fsp3) is 0.207. The van der Waals surface area contributed by atoms with Gasteiger partial charge in [0, 0.05) is 11.8 Å². The molecule has 0 aliphatic rings. The van der Waals surface area contributed by atoms with Crippen molar-refractivity contribution in [1.29, 1.82) is 0 Å². The van der Waals surface area contributed by atoms with Crippen molar-refractivity contribution in [3.8, 4) is 5.75 Å². The van der Waals surface area contributed by atoms with Crippen molar-refractivity contribution in [1.82, 2.24) is 14.0 Å². The first-order valence-electron chi connectivity index (χ1n) is 12.5. The summed E-state index contributed by atoms with van der Waals surface area (Å²) in [6.07, 6.45) is 3.13. The molecule has 198 valence electrons. The lowest BCUT2D eigenvalue weighted by atomic mass is 10.2. The van der Waals surface area contributed by atoms with Crippen LogP contribution in [-0.2, 0) is 11.3 Å². The molecule has 0 N–H and O–H groups in total. The van der Waals surface area contributed by atoms with Crippen LogP contribution in [0.3, 0.4) is 0 Å². The number of carbonyl (C=O) groups is 2. The number of nitrogens with zero attached hydrogens (tertiary/aromatic N) is 4. The third-order valence-corrected chi connectivity index (χ3v) is 6.11. The molecule has 0 spiro atoms. The number of carbonyl (C=O) groups excluding carboxylic acids is 2. The van der Waals surface area contributed by atoms with Gasteiger partial charge in [0.1, 0.15) is 28.4 Å². The van der Waals surface area contributed by atoms with Gasteiger partial charge in [0.2, 0.25) is 0 Å². The van der Waals surface area contributed by atoms with E-state index < -0.39 is 11.9 Å². The molecule has 0 radical (unpaired) electrons. The molecule has 0 saturated carbocycles. The zero-order chi connectivity index (χ0) is 27.5. The predicted octanol–water partition coefficient (Wildman–Crippen LogP) is 3.92. The van der Waals surface area contributed by atoms with E-state index in [1.165, 1.54) is 16.7 Å². The molecule has 5 rings (SSSR count). The zero-order valence-electron chi connectivity index (χ0n) is 21.7. The first-order chi connectivity index (χ1) is 18.9. The number of benzene rings is 1. The fourth-order valence-corrected chi connectivity index (χ4v) is 4.30. The van der Waals surface area contributed by atoms with E-state index >= 15 is 0 Å². The topological polar surface area (TPSA) is 117 Å². The van der Waals surface area contributed by atoms with E-state index in [4.69, 9.17) is 18.9 Å². The maximum absolute atomic E-state index is 13.6. The summed E-state index contributed by atoms with van der Waals surface area (Å²) in [5.74, 6) is -0.185. The normalized spacial score (nSPS) is 11.7. The van der Waals surface area contributed by atoms with E-state index in [1.807, 2.05) is 19.9 Å². The predicted molar refractivity (Wildman–Crippen MR) is 143 cm³/mol. The van der Waals surface area contributed by atoms with E-state index in [0.717, 1.165) is 5.56 Å². The minimum absolute atomic E-state index is 0.000990. The van der Waals surface area contributed by atoms with Crippen LogP contribution in [0.5, 0.6) is 5.75 Å². The summed E-state index contributed by atoms with van der Waals surface area (Å²) in [5.41, 5.74) is 1.34. The Morgan fingerprint density at radius 1 is 1.03 bits per heavy atom. The summed E-state index contributed by atoms with van der Waals surface area (Å²) < 4.78 is 19.3. The van der Waals surface area contributed by atoms with Crippen LogP contribution >= 0.6 is 0 Å². The largest absolute Gasteiger partial charge is 0.494 e. The van der Waals surface area contributed by atoms with Crippen molar-refractivity contribution in [3.05, 3.63) is 105 Å². The Balaban J connectivity index is 1.84. The van der Waals surface area contributed by atoms with Crippen LogP contribution < -0.4 is 15.8 Å². The summed E-state index contributed by atoms with van der Waals surface area (Å²) in [5, 5.41) is 0.167. The molecule has 1 amide bonds. The van der Waals surface area contributed by atoms with E-state index in [-0.39, 0.29) is 40.8 Å². The van der Waals surface area contributed by atoms with Crippen LogP contribution in [0.15, 0.2) is 81.3 Å². The molecule has 0 unspecified atom stereocenters. The molecule has 0 bridgehead atoms. The lowest BCUT2D eigenvalue weighted by Gasteiger charge is -2.15. The first-order valence-corrected chi connectivity index (χ1v) is 12.5. The number of aryl methyl sites for hydroxylation is 1. The molecular weight excluding hydrogens is 500 g/mol. The Bertz CT molecular complexity index is 1820. The molecule has 39 heavy (non-hydrogen) atoms. The molecule has 0 fully saturated rings. The van der Waals surface area contributed by atoms with Gasteiger partial charge in [-0.2, -0.15) is 4.99 Å².